The summed E-state index contributed by atoms with van der Waals surface area (Å²) in [7, 11) is 0. The number of phenols is 2. The van der Waals surface area contributed by atoms with Crippen LogP contribution >= 0.6 is 0 Å². The zero-order valence-corrected chi connectivity index (χ0v) is 38.6. The minimum atomic E-state index is -0.236. The second-order valence-corrected chi connectivity index (χ2v) is 19.2. The third-order valence-electron chi connectivity index (χ3n) is 14.2. The predicted octanol–water partition coefficient (Wildman–Crippen LogP) is 14.7. The number of nitrogens with zero attached hydrogens (tertiary/aromatic N) is 2. The van der Waals surface area contributed by atoms with Gasteiger partial charge in [-0.1, -0.05) is 25.1 Å². The zero-order valence-electron chi connectivity index (χ0n) is 38.6. The van der Waals surface area contributed by atoms with E-state index in [1.165, 1.54) is 83.9 Å². The average Bonchev–Trinajstić information content (AvgIpc) is 3.29. The highest BCUT2D eigenvalue weighted by atomic mass is 16.5. The van der Waals surface area contributed by atoms with Gasteiger partial charge in [-0.3, -0.25) is 9.97 Å². The van der Waals surface area contributed by atoms with Gasteiger partial charge in [-0.15, -0.1) is 0 Å². The minimum absolute atomic E-state index is 0.232. The maximum Gasteiger partial charge on any atom is 0.131 e. The van der Waals surface area contributed by atoms with Crippen LogP contribution in [0.2, 0.25) is 0 Å². The van der Waals surface area contributed by atoms with Crippen molar-refractivity contribution in [3.05, 3.63) is 136 Å². The van der Waals surface area contributed by atoms with Crippen molar-refractivity contribution in [3.8, 4) is 56.4 Å². The van der Waals surface area contributed by atoms with Crippen LogP contribution in [0.3, 0.4) is 0 Å². The molecule has 2 aromatic heterocycles. The number of hydrogen-bond donors (Lipinski definition) is 2. The van der Waals surface area contributed by atoms with Crippen molar-refractivity contribution in [1.29, 1.82) is 0 Å². The Hall–Kier alpha value is -5.62. The smallest absolute Gasteiger partial charge is 0.131 e. The number of aromatic nitrogens is 2. The van der Waals surface area contributed by atoms with E-state index in [2.05, 4.69) is 74.6 Å². The largest absolute Gasteiger partial charge is 0.507 e. The first-order valence-corrected chi connectivity index (χ1v) is 24.3. The number of rotatable bonds is 10. The molecule has 6 nitrogen and oxygen atoms in total. The number of allylic oxidation sites excluding steroid dienone is 5. The van der Waals surface area contributed by atoms with Crippen LogP contribution in [0.25, 0.3) is 39.0 Å². The van der Waals surface area contributed by atoms with Crippen LogP contribution in [0.15, 0.2) is 96.6 Å². The van der Waals surface area contributed by atoms with Crippen molar-refractivity contribution in [2.45, 2.75) is 155 Å². The summed E-state index contributed by atoms with van der Waals surface area (Å²) in [4.78, 5) is 9.06. The van der Waals surface area contributed by atoms with E-state index < -0.39 is 0 Å². The van der Waals surface area contributed by atoms with Gasteiger partial charge in [0.25, 0.3) is 0 Å². The lowest BCUT2D eigenvalue weighted by Gasteiger charge is -2.29. The van der Waals surface area contributed by atoms with Gasteiger partial charge in [0.05, 0.1) is 12.2 Å². The lowest BCUT2D eigenvalue weighted by Crippen LogP contribution is -2.23. The van der Waals surface area contributed by atoms with Crippen molar-refractivity contribution in [2.24, 2.45) is 0 Å². The van der Waals surface area contributed by atoms with Crippen molar-refractivity contribution >= 4 is 5.57 Å². The molecule has 1 saturated carbocycles. The van der Waals surface area contributed by atoms with Gasteiger partial charge in [0, 0.05) is 64.6 Å². The number of hydrogen-bond acceptors (Lipinski definition) is 6. The fraction of sp³-hybridized carbons (Fsp3) is 0.414. The highest BCUT2D eigenvalue weighted by Gasteiger charge is 2.28. The van der Waals surface area contributed by atoms with E-state index in [4.69, 9.17) is 9.47 Å². The van der Waals surface area contributed by atoms with Crippen LogP contribution in [-0.2, 0) is 25.7 Å². The maximum absolute atomic E-state index is 12.3. The van der Waals surface area contributed by atoms with E-state index in [1.54, 1.807) is 18.6 Å². The lowest BCUT2D eigenvalue weighted by atomic mass is 9.76. The highest BCUT2D eigenvalue weighted by Crippen LogP contribution is 2.49. The molecule has 0 radical (unpaired) electrons. The fourth-order valence-corrected chi connectivity index (χ4v) is 11.3. The molecule has 1 fully saturated rings. The molecule has 0 aliphatic heterocycles. The Morgan fingerprint density at radius 2 is 1.09 bits per heavy atom. The van der Waals surface area contributed by atoms with E-state index in [9.17, 15) is 10.2 Å². The van der Waals surface area contributed by atoms with Crippen LogP contribution < -0.4 is 9.47 Å². The molecular formula is C58H66N2O4. The third kappa shape index (κ3) is 9.03. The monoisotopic (exact) mass is 855 g/mol. The third-order valence-corrected chi connectivity index (χ3v) is 14.2. The Morgan fingerprint density at radius 3 is 1.72 bits per heavy atom. The summed E-state index contributed by atoms with van der Waals surface area (Å²) in [6.45, 7) is 13.0. The zero-order chi connectivity index (χ0) is 44.3. The summed E-state index contributed by atoms with van der Waals surface area (Å²) in [5.41, 5.74) is 19.0. The first-order chi connectivity index (χ1) is 31.1. The Balaban J connectivity index is 0.982. The van der Waals surface area contributed by atoms with E-state index in [0.29, 0.717) is 29.2 Å². The van der Waals surface area contributed by atoms with Crippen LogP contribution in [0.4, 0.5) is 0 Å². The Morgan fingerprint density at radius 1 is 0.578 bits per heavy atom. The summed E-state index contributed by atoms with van der Waals surface area (Å²) >= 11 is 0. The summed E-state index contributed by atoms with van der Waals surface area (Å²) in [6, 6.07) is 14.7. The van der Waals surface area contributed by atoms with Gasteiger partial charge in [-0.05, 0) is 228 Å². The normalized spacial score (nSPS) is 18.5. The van der Waals surface area contributed by atoms with E-state index >= 15 is 0 Å². The molecule has 4 aliphatic carbocycles. The van der Waals surface area contributed by atoms with Crippen LogP contribution in [0.5, 0.6) is 23.0 Å². The standard InChI is InChI=1S/C58H66N2O4/c1-36-28-47(57(61)49(30-36)55-38(3)16-8-6-7-9-17-41-18-10-13-21-44(41)55)51-34-59-26-24-53(51)63-39(4)32-40(5)64-54-25-27-60-35-52(54)48-29-37(2)31-50(58(48)62)56-45-22-14-11-19-42(45)33-43-20-12-15-23-46(43)56/h17,24-31,33-35,39-40,61-62H,3,6-16,18-23,32H2,1-2,4-5H3/b41-17-,55-44?/t39?,40-/m1/s1. The lowest BCUT2D eigenvalue weighted by molar-refractivity contribution is 0.131. The second-order valence-electron chi connectivity index (χ2n) is 19.2. The minimum Gasteiger partial charge on any atom is -0.507 e. The second kappa shape index (κ2) is 19.2. The van der Waals surface area contributed by atoms with E-state index in [1.807, 2.05) is 24.4 Å². The number of phenolic OH excluding ortho intramolecular Hbond substituents is 2. The molecule has 2 atom stereocenters. The molecular weight excluding hydrogens is 789 g/mol. The number of ether oxygens (including phenoxy) is 2. The molecule has 332 valence electrons. The fourth-order valence-electron chi connectivity index (χ4n) is 11.3. The Bertz CT molecular complexity index is 2600. The average molecular weight is 855 g/mol. The summed E-state index contributed by atoms with van der Waals surface area (Å²) in [5, 5.41) is 24.6. The summed E-state index contributed by atoms with van der Waals surface area (Å²) in [6.07, 6.45) is 28.9. The van der Waals surface area contributed by atoms with Crippen LogP contribution in [-0.4, -0.2) is 32.4 Å². The summed E-state index contributed by atoms with van der Waals surface area (Å²) < 4.78 is 13.5. The molecule has 2 N–H and O–H groups in total. The van der Waals surface area contributed by atoms with Gasteiger partial charge in [0.2, 0.25) is 0 Å². The van der Waals surface area contributed by atoms with Gasteiger partial charge >= 0.3 is 0 Å². The Kier molecular flexibility index (Phi) is 13.1. The topological polar surface area (TPSA) is 84.7 Å². The van der Waals surface area contributed by atoms with Gasteiger partial charge in [-0.2, -0.15) is 0 Å². The molecule has 0 saturated heterocycles. The number of aromatic hydroxyl groups is 2. The van der Waals surface area contributed by atoms with E-state index in [0.717, 1.165) is 114 Å². The number of fused-ring (bicyclic) bond motifs is 3. The highest BCUT2D eigenvalue weighted by molar-refractivity contribution is 5.91. The molecule has 0 spiro atoms. The van der Waals surface area contributed by atoms with Crippen LogP contribution in [0.1, 0.15) is 143 Å². The van der Waals surface area contributed by atoms with Crippen molar-refractivity contribution in [2.75, 3.05) is 0 Å². The van der Waals surface area contributed by atoms with Crippen molar-refractivity contribution in [1.82, 2.24) is 9.97 Å². The number of benzene rings is 3. The van der Waals surface area contributed by atoms with Gasteiger partial charge in [-0.25, -0.2) is 0 Å². The summed E-state index contributed by atoms with van der Waals surface area (Å²) in [5.74, 6) is 1.88. The van der Waals surface area contributed by atoms with E-state index in [-0.39, 0.29) is 18.0 Å². The maximum atomic E-state index is 12.3. The molecule has 3 aromatic carbocycles. The molecule has 9 rings (SSSR count). The molecule has 0 amide bonds. The predicted molar refractivity (Wildman–Crippen MR) is 261 cm³/mol. The van der Waals surface area contributed by atoms with Gasteiger partial charge in [0.15, 0.2) is 0 Å². The SMILES string of the molecule is C=C1CCCCC/C=C2/CCCCC2=C1c1cc(C)cc(-c2cnccc2OC(C)C[C@@H](C)Oc2ccncc2-c2cc(C)cc(-c3c4c(cc5c3CCCC5)CCCC4)c2O)c1O. The number of aryl methyl sites for hydroxylation is 4. The van der Waals surface area contributed by atoms with Crippen molar-refractivity contribution in [3.63, 3.8) is 0 Å². The molecule has 0 bridgehead atoms. The molecule has 6 heteroatoms. The molecule has 2 heterocycles. The number of pyridine rings is 2. The molecule has 1 unspecified atom stereocenters. The first-order valence-electron chi connectivity index (χ1n) is 24.3. The Labute approximate surface area is 381 Å². The van der Waals surface area contributed by atoms with Crippen LogP contribution in [0, 0.1) is 13.8 Å². The van der Waals surface area contributed by atoms with Gasteiger partial charge in [0.1, 0.15) is 23.0 Å². The quantitative estimate of drug-likeness (QED) is 0.146. The molecule has 64 heavy (non-hydrogen) atoms. The molecule has 4 aliphatic rings. The van der Waals surface area contributed by atoms with Crippen molar-refractivity contribution < 1.29 is 19.7 Å². The first kappa shape index (κ1) is 43.6. The van der Waals surface area contributed by atoms with Gasteiger partial charge < -0.3 is 19.7 Å². The molecule has 5 aromatic rings.